The average molecular weight is 621 g/mol. The second-order valence-corrected chi connectivity index (χ2v) is 14.9. The summed E-state index contributed by atoms with van der Waals surface area (Å²) in [6.45, 7) is 4.00. The number of anilines is 1. The molecule has 4 aliphatic heterocycles. The van der Waals surface area contributed by atoms with Crippen molar-refractivity contribution in [1.29, 1.82) is 0 Å². The standard InChI is InChI=1S/C34H45ClN6O3/c1-39(2)32(42)43-20-24-9-15-34(12-4-16-41(24)34)21-44-31-37-29-17-33(13-10-25-27(33)5-3-6-28(25)35)14-11-26(29)30(38-31)40-18-22-7-8-23(19-40)36-22/h3,5-6,22-24,36H,4,7-21H2,1-2H3/t22-,23+,24-,33?,34-/m0/s1. The van der Waals surface area contributed by atoms with E-state index in [9.17, 15) is 4.79 Å². The zero-order valence-corrected chi connectivity index (χ0v) is 26.9. The normalized spacial score (nSPS) is 32.1. The molecule has 4 fully saturated rings. The van der Waals surface area contributed by atoms with Gasteiger partial charge in [-0.1, -0.05) is 23.7 Å². The van der Waals surface area contributed by atoms with Crippen LogP contribution in [-0.4, -0.2) is 96.5 Å². The topological polar surface area (TPSA) is 83.1 Å². The Balaban J connectivity index is 1.07. The lowest BCUT2D eigenvalue weighted by atomic mass is 9.69. The Morgan fingerprint density at radius 1 is 1.07 bits per heavy atom. The minimum absolute atomic E-state index is 0.0505. The highest BCUT2D eigenvalue weighted by Crippen LogP contribution is 2.50. The maximum Gasteiger partial charge on any atom is 0.409 e. The van der Waals surface area contributed by atoms with Crippen LogP contribution in [0.2, 0.25) is 5.02 Å². The van der Waals surface area contributed by atoms with Crippen LogP contribution >= 0.6 is 11.6 Å². The first-order valence-corrected chi connectivity index (χ1v) is 17.1. The van der Waals surface area contributed by atoms with Gasteiger partial charge in [-0.3, -0.25) is 4.90 Å². The van der Waals surface area contributed by atoms with E-state index in [4.69, 9.17) is 31.0 Å². The van der Waals surface area contributed by atoms with E-state index in [1.165, 1.54) is 34.4 Å². The molecular formula is C34H45ClN6O3. The number of halogens is 1. The molecule has 2 aliphatic carbocycles. The highest BCUT2D eigenvalue weighted by molar-refractivity contribution is 6.31. The highest BCUT2D eigenvalue weighted by Gasteiger charge is 2.50. The number of aromatic nitrogens is 2. The van der Waals surface area contributed by atoms with Gasteiger partial charge in [-0.2, -0.15) is 9.97 Å². The fourth-order valence-electron chi connectivity index (χ4n) is 9.50. The Labute approximate surface area is 265 Å². The molecule has 0 saturated carbocycles. The van der Waals surface area contributed by atoms with Crippen LogP contribution < -0.4 is 15.0 Å². The molecule has 1 spiro atoms. The molecule has 1 aromatic heterocycles. The van der Waals surface area contributed by atoms with E-state index in [0.29, 0.717) is 31.3 Å². The quantitative estimate of drug-likeness (QED) is 0.505. The molecule has 4 saturated heterocycles. The summed E-state index contributed by atoms with van der Waals surface area (Å²) in [4.78, 5) is 29.1. The van der Waals surface area contributed by atoms with Gasteiger partial charge in [0.25, 0.3) is 0 Å². The zero-order chi connectivity index (χ0) is 30.1. The number of piperazine rings is 1. The van der Waals surface area contributed by atoms with Gasteiger partial charge < -0.3 is 24.6 Å². The van der Waals surface area contributed by atoms with Gasteiger partial charge in [-0.25, -0.2) is 4.79 Å². The van der Waals surface area contributed by atoms with Gasteiger partial charge in [0.15, 0.2) is 0 Å². The number of nitrogens with zero attached hydrogens (tertiary/aromatic N) is 5. The van der Waals surface area contributed by atoms with Crippen molar-refractivity contribution >= 4 is 23.5 Å². The third kappa shape index (κ3) is 4.85. The third-order valence-electron chi connectivity index (χ3n) is 11.7. The van der Waals surface area contributed by atoms with Crippen molar-refractivity contribution in [2.45, 2.75) is 99.7 Å². The predicted molar refractivity (Wildman–Crippen MR) is 170 cm³/mol. The fraction of sp³-hybridized carbons (Fsp3) is 0.676. The molecule has 2 bridgehead atoms. The van der Waals surface area contributed by atoms with Crippen LogP contribution in [0.4, 0.5) is 10.6 Å². The third-order valence-corrected chi connectivity index (χ3v) is 12.1. The minimum atomic E-state index is -0.279. The van der Waals surface area contributed by atoms with Crippen LogP contribution in [0.3, 0.4) is 0 Å². The first kappa shape index (κ1) is 28.8. The number of fused-ring (bicyclic) bond motifs is 6. The van der Waals surface area contributed by atoms with Gasteiger partial charge >= 0.3 is 12.1 Å². The smallest absolute Gasteiger partial charge is 0.409 e. The highest BCUT2D eigenvalue weighted by atomic mass is 35.5. The van der Waals surface area contributed by atoms with E-state index < -0.39 is 0 Å². The van der Waals surface area contributed by atoms with Gasteiger partial charge in [0.05, 0.1) is 11.2 Å². The van der Waals surface area contributed by atoms with Crippen molar-refractivity contribution in [3.05, 3.63) is 45.6 Å². The number of hydrogen-bond acceptors (Lipinski definition) is 8. The Kier molecular flexibility index (Phi) is 7.22. The number of benzene rings is 1. The Bertz CT molecular complexity index is 1440. The summed E-state index contributed by atoms with van der Waals surface area (Å²) in [6, 6.07) is 8.27. The maximum absolute atomic E-state index is 12.1. The number of nitrogens with one attached hydrogen (secondary N) is 1. The zero-order valence-electron chi connectivity index (χ0n) is 26.1. The molecule has 0 radical (unpaired) electrons. The maximum atomic E-state index is 12.1. The Morgan fingerprint density at radius 3 is 2.66 bits per heavy atom. The van der Waals surface area contributed by atoms with Crippen molar-refractivity contribution in [1.82, 2.24) is 25.1 Å². The van der Waals surface area contributed by atoms with Crippen LogP contribution in [0.5, 0.6) is 6.01 Å². The van der Waals surface area contributed by atoms with Gasteiger partial charge in [-0.05, 0) is 94.4 Å². The summed E-state index contributed by atoms with van der Waals surface area (Å²) < 4.78 is 12.3. The number of carbonyl (C=O) groups is 1. The van der Waals surface area contributed by atoms with Gasteiger partial charge in [-0.15, -0.1) is 0 Å². The van der Waals surface area contributed by atoms with Crippen molar-refractivity contribution < 1.29 is 14.3 Å². The SMILES string of the molecule is CN(C)C(=O)OC[C@@H]1CC[C@]2(COc3nc4c(c(N5C[C@H]6CC[C@@H](C5)N6)n3)CCC3(CCc5c(Cl)cccc53)C4)CCCN12. The van der Waals surface area contributed by atoms with E-state index in [0.717, 1.165) is 94.0 Å². The summed E-state index contributed by atoms with van der Waals surface area (Å²) >= 11 is 6.68. The first-order valence-electron chi connectivity index (χ1n) is 16.7. The van der Waals surface area contributed by atoms with E-state index in [1.807, 2.05) is 6.07 Å². The molecule has 1 amide bonds. The van der Waals surface area contributed by atoms with Crippen molar-refractivity contribution in [3.63, 3.8) is 0 Å². The largest absolute Gasteiger partial charge is 0.461 e. The molecule has 6 aliphatic rings. The van der Waals surface area contributed by atoms with Crippen molar-refractivity contribution in [2.24, 2.45) is 0 Å². The summed E-state index contributed by atoms with van der Waals surface area (Å²) in [6.07, 6.45) is 11.6. The van der Waals surface area contributed by atoms with Gasteiger partial charge in [0.1, 0.15) is 19.0 Å². The van der Waals surface area contributed by atoms with Gasteiger partial charge in [0.2, 0.25) is 0 Å². The molecule has 5 atom stereocenters. The van der Waals surface area contributed by atoms with Crippen molar-refractivity contribution in [2.75, 3.05) is 51.8 Å². The van der Waals surface area contributed by atoms with Crippen molar-refractivity contribution in [3.8, 4) is 6.01 Å². The lowest BCUT2D eigenvalue weighted by Crippen LogP contribution is -2.52. The van der Waals surface area contributed by atoms with Crippen LogP contribution in [0.25, 0.3) is 0 Å². The molecule has 236 valence electrons. The average Bonchev–Trinajstić information content (AvgIpc) is 3.77. The van der Waals surface area contributed by atoms with Crippen LogP contribution in [0.15, 0.2) is 18.2 Å². The second-order valence-electron chi connectivity index (χ2n) is 14.5. The minimum Gasteiger partial charge on any atom is -0.461 e. The van der Waals surface area contributed by atoms with E-state index in [-0.39, 0.29) is 23.1 Å². The number of amides is 1. The molecule has 1 N–H and O–H groups in total. The first-order chi connectivity index (χ1) is 21.3. The fourth-order valence-corrected chi connectivity index (χ4v) is 9.77. The summed E-state index contributed by atoms with van der Waals surface area (Å²) in [5, 5.41) is 4.69. The molecule has 9 nitrogen and oxygen atoms in total. The Hall–Kier alpha value is -2.62. The second kappa shape index (κ2) is 11.0. The molecular weight excluding hydrogens is 576 g/mol. The lowest BCUT2D eigenvalue weighted by Gasteiger charge is -2.39. The monoisotopic (exact) mass is 620 g/mol. The van der Waals surface area contributed by atoms with E-state index in [1.54, 1.807) is 14.1 Å². The molecule has 2 aromatic rings. The molecule has 1 aromatic carbocycles. The number of ether oxygens (including phenoxy) is 2. The molecule has 5 heterocycles. The van der Waals surface area contributed by atoms with E-state index in [2.05, 4.69) is 27.2 Å². The number of hydrogen-bond donors (Lipinski definition) is 1. The Morgan fingerprint density at radius 2 is 1.86 bits per heavy atom. The summed E-state index contributed by atoms with van der Waals surface area (Å²) in [7, 11) is 3.46. The van der Waals surface area contributed by atoms with Crippen LogP contribution in [0.1, 0.15) is 73.8 Å². The van der Waals surface area contributed by atoms with Crippen LogP contribution in [0, 0.1) is 0 Å². The van der Waals surface area contributed by atoms with Crippen LogP contribution in [-0.2, 0) is 29.4 Å². The molecule has 10 heteroatoms. The summed E-state index contributed by atoms with van der Waals surface area (Å²) in [5.41, 5.74) is 5.27. The number of carbonyl (C=O) groups excluding carboxylic acids is 1. The number of rotatable bonds is 6. The predicted octanol–water partition coefficient (Wildman–Crippen LogP) is 4.52. The molecule has 8 rings (SSSR count). The lowest BCUT2D eigenvalue weighted by molar-refractivity contribution is 0.0482. The molecule has 1 unspecified atom stereocenters. The van der Waals surface area contributed by atoms with E-state index >= 15 is 0 Å². The summed E-state index contributed by atoms with van der Waals surface area (Å²) in [5.74, 6) is 1.10. The van der Waals surface area contributed by atoms with Gasteiger partial charge in [0, 0.05) is 61.3 Å². The molecule has 44 heavy (non-hydrogen) atoms.